The van der Waals surface area contributed by atoms with Crippen LogP contribution in [-0.4, -0.2) is 4.98 Å². The number of nitrogens with one attached hydrogen (secondary N) is 1. The maximum atomic E-state index is 4.61. The first kappa shape index (κ1) is 14.8. The van der Waals surface area contributed by atoms with Crippen LogP contribution in [0.25, 0.3) is 11.3 Å². The molecule has 0 saturated heterocycles. The summed E-state index contributed by atoms with van der Waals surface area (Å²) in [6, 6.07) is 18.5. The van der Waals surface area contributed by atoms with Gasteiger partial charge >= 0.3 is 0 Å². The summed E-state index contributed by atoms with van der Waals surface area (Å²) in [5, 5.41) is 6.31. The lowest BCUT2D eigenvalue weighted by Gasteiger charge is -2.01. The molecule has 1 aromatic heterocycles. The molecule has 0 aliphatic heterocycles. The number of aromatic nitrogens is 1. The van der Waals surface area contributed by atoms with Crippen molar-refractivity contribution in [3.8, 4) is 11.3 Å². The molecule has 0 radical (unpaired) electrons. The fourth-order valence-corrected chi connectivity index (χ4v) is 2.57. The molecular formula is C16H15BrN2S. The Morgan fingerprint density at radius 3 is 2.35 bits per heavy atom. The van der Waals surface area contributed by atoms with Crippen LogP contribution < -0.4 is 5.32 Å². The summed E-state index contributed by atoms with van der Waals surface area (Å²) in [5.74, 6) is 0. The summed E-state index contributed by atoms with van der Waals surface area (Å²) < 4.78 is 0. The Labute approximate surface area is 133 Å². The zero-order valence-electron chi connectivity index (χ0n) is 11.0. The van der Waals surface area contributed by atoms with E-state index in [0.717, 1.165) is 22.1 Å². The lowest BCUT2D eigenvalue weighted by Crippen LogP contribution is -1.88. The van der Waals surface area contributed by atoms with Gasteiger partial charge in [0.05, 0.1) is 5.69 Å². The molecule has 3 rings (SSSR count). The van der Waals surface area contributed by atoms with Crippen molar-refractivity contribution in [2.24, 2.45) is 0 Å². The van der Waals surface area contributed by atoms with Gasteiger partial charge in [0.1, 0.15) is 0 Å². The third-order valence-corrected chi connectivity index (χ3v) is 3.63. The third kappa shape index (κ3) is 3.46. The van der Waals surface area contributed by atoms with E-state index in [9.17, 15) is 0 Å². The molecule has 4 heteroatoms. The quantitative estimate of drug-likeness (QED) is 0.682. The molecule has 0 unspecified atom stereocenters. The van der Waals surface area contributed by atoms with Gasteiger partial charge in [-0.3, -0.25) is 0 Å². The second-order valence-corrected chi connectivity index (χ2v) is 5.25. The molecule has 0 aliphatic rings. The first-order valence-electron chi connectivity index (χ1n) is 6.16. The van der Waals surface area contributed by atoms with Crippen molar-refractivity contribution in [3.63, 3.8) is 0 Å². The SMILES string of the molecule is Br.Cc1ccc(-c2csc(Nc3ccccc3)n2)cc1. The first-order chi connectivity index (χ1) is 9.31. The van der Waals surface area contributed by atoms with Gasteiger partial charge in [-0.2, -0.15) is 0 Å². The summed E-state index contributed by atoms with van der Waals surface area (Å²) in [6.07, 6.45) is 0. The number of halogens is 1. The minimum Gasteiger partial charge on any atom is -0.332 e. The van der Waals surface area contributed by atoms with Gasteiger partial charge in [-0.05, 0) is 19.1 Å². The third-order valence-electron chi connectivity index (χ3n) is 2.88. The molecular weight excluding hydrogens is 332 g/mol. The molecule has 2 nitrogen and oxygen atoms in total. The highest BCUT2D eigenvalue weighted by atomic mass is 79.9. The van der Waals surface area contributed by atoms with Gasteiger partial charge in [-0.1, -0.05) is 48.0 Å². The molecule has 1 heterocycles. The number of aryl methyl sites for hydroxylation is 1. The zero-order valence-corrected chi connectivity index (χ0v) is 13.6. The average Bonchev–Trinajstić information content (AvgIpc) is 2.89. The van der Waals surface area contributed by atoms with Gasteiger partial charge in [0.2, 0.25) is 0 Å². The van der Waals surface area contributed by atoms with Crippen LogP contribution in [-0.2, 0) is 0 Å². The predicted octanol–water partition coefficient (Wildman–Crippen LogP) is 5.44. The van der Waals surface area contributed by atoms with Crippen LogP contribution in [0, 0.1) is 6.92 Å². The van der Waals surface area contributed by atoms with Gasteiger partial charge < -0.3 is 5.32 Å². The Morgan fingerprint density at radius 1 is 0.950 bits per heavy atom. The number of hydrogen-bond donors (Lipinski definition) is 1. The molecule has 0 spiro atoms. The van der Waals surface area contributed by atoms with Crippen LogP contribution in [0.1, 0.15) is 5.56 Å². The summed E-state index contributed by atoms with van der Waals surface area (Å²) in [6.45, 7) is 2.09. The van der Waals surface area contributed by atoms with Crippen molar-refractivity contribution in [1.82, 2.24) is 4.98 Å². The van der Waals surface area contributed by atoms with Gasteiger partial charge in [-0.15, -0.1) is 28.3 Å². The van der Waals surface area contributed by atoms with Crippen molar-refractivity contribution in [3.05, 3.63) is 65.5 Å². The second kappa shape index (κ2) is 6.68. The number of thiazole rings is 1. The molecule has 0 bridgehead atoms. The fraction of sp³-hybridized carbons (Fsp3) is 0.0625. The van der Waals surface area contributed by atoms with E-state index in [-0.39, 0.29) is 17.0 Å². The Hall–Kier alpha value is -1.65. The molecule has 1 N–H and O–H groups in total. The first-order valence-corrected chi connectivity index (χ1v) is 7.04. The fourth-order valence-electron chi connectivity index (χ4n) is 1.83. The van der Waals surface area contributed by atoms with Crippen LogP contribution in [0.5, 0.6) is 0 Å². The van der Waals surface area contributed by atoms with Crippen molar-refractivity contribution < 1.29 is 0 Å². The monoisotopic (exact) mass is 346 g/mol. The minimum absolute atomic E-state index is 0. The molecule has 102 valence electrons. The maximum Gasteiger partial charge on any atom is 0.187 e. The predicted molar refractivity (Wildman–Crippen MR) is 92.3 cm³/mol. The highest BCUT2D eigenvalue weighted by Crippen LogP contribution is 2.27. The van der Waals surface area contributed by atoms with Crippen molar-refractivity contribution in [2.75, 3.05) is 5.32 Å². The number of para-hydroxylation sites is 1. The van der Waals surface area contributed by atoms with E-state index in [4.69, 9.17) is 0 Å². The highest BCUT2D eigenvalue weighted by Gasteiger charge is 2.04. The number of benzene rings is 2. The molecule has 0 fully saturated rings. The highest BCUT2D eigenvalue weighted by molar-refractivity contribution is 8.93. The molecule has 0 aliphatic carbocycles. The second-order valence-electron chi connectivity index (χ2n) is 4.39. The number of nitrogens with zero attached hydrogens (tertiary/aromatic N) is 1. The van der Waals surface area contributed by atoms with E-state index < -0.39 is 0 Å². The molecule has 0 amide bonds. The van der Waals surface area contributed by atoms with Crippen LogP contribution in [0.15, 0.2) is 60.0 Å². The molecule has 0 atom stereocenters. The van der Waals surface area contributed by atoms with Gasteiger partial charge in [-0.25, -0.2) is 4.98 Å². The van der Waals surface area contributed by atoms with Gasteiger partial charge in [0.15, 0.2) is 5.13 Å². The largest absolute Gasteiger partial charge is 0.332 e. The van der Waals surface area contributed by atoms with E-state index in [1.807, 2.05) is 30.3 Å². The van der Waals surface area contributed by atoms with Crippen LogP contribution >= 0.6 is 28.3 Å². The Morgan fingerprint density at radius 2 is 1.65 bits per heavy atom. The van der Waals surface area contributed by atoms with E-state index in [1.165, 1.54) is 5.56 Å². The number of anilines is 2. The summed E-state index contributed by atoms with van der Waals surface area (Å²) >= 11 is 1.62. The van der Waals surface area contributed by atoms with Crippen LogP contribution in [0.2, 0.25) is 0 Å². The van der Waals surface area contributed by atoms with Gasteiger partial charge in [0, 0.05) is 16.6 Å². The average molecular weight is 347 g/mol. The molecule has 0 saturated carbocycles. The van der Waals surface area contributed by atoms with E-state index >= 15 is 0 Å². The molecule has 3 aromatic rings. The van der Waals surface area contributed by atoms with Crippen LogP contribution in [0.3, 0.4) is 0 Å². The summed E-state index contributed by atoms with van der Waals surface area (Å²) in [4.78, 5) is 4.61. The van der Waals surface area contributed by atoms with Crippen molar-refractivity contribution in [2.45, 2.75) is 6.92 Å². The normalized spacial score (nSPS) is 9.85. The molecule has 20 heavy (non-hydrogen) atoms. The Balaban J connectivity index is 0.00000147. The van der Waals surface area contributed by atoms with E-state index in [2.05, 4.69) is 46.9 Å². The van der Waals surface area contributed by atoms with E-state index in [1.54, 1.807) is 11.3 Å². The van der Waals surface area contributed by atoms with Crippen LogP contribution in [0.4, 0.5) is 10.8 Å². The van der Waals surface area contributed by atoms with E-state index in [0.29, 0.717) is 0 Å². The Bertz CT molecular complexity index is 662. The summed E-state index contributed by atoms with van der Waals surface area (Å²) in [5.41, 5.74) is 4.50. The lowest BCUT2D eigenvalue weighted by molar-refractivity contribution is 1.37. The standard InChI is InChI=1S/C16H14N2S.BrH/c1-12-7-9-13(10-8-12)15-11-19-16(18-15)17-14-5-3-2-4-6-14;/h2-11H,1H3,(H,17,18);1H. The van der Waals surface area contributed by atoms with Crippen molar-refractivity contribution in [1.29, 1.82) is 0 Å². The maximum absolute atomic E-state index is 4.61. The van der Waals surface area contributed by atoms with Gasteiger partial charge in [0.25, 0.3) is 0 Å². The zero-order chi connectivity index (χ0) is 13.1. The summed E-state index contributed by atoms with van der Waals surface area (Å²) in [7, 11) is 0. The minimum atomic E-state index is 0. The lowest BCUT2D eigenvalue weighted by atomic mass is 10.1. The number of hydrogen-bond acceptors (Lipinski definition) is 3. The molecule has 2 aromatic carbocycles. The smallest absolute Gasteiger partial charge is 0.187 e. The van der Waals surface area contributed by atoms with Crippen molar-refractivity contribution >= 4 is 39.1 Å². The Kier molecular flexibility index (Phi) is 4.93. The topological polar surface area (TPSA) is 24.9 Å². The number of rotatable bonds is 3.